The molecular formula is C22H29F3N2O3. The smallest absolute Gasteiger partial charge is 0.454 e. The Labute approximate surface area is 175 Å². The standard InChI is InChI=1S/C22H29F3N2O3/c1-30-17-12-10-11-16(15-17)21(29)27-26-19-14-9-7-5-3-2-4-6-8-13-18(19)20(28)22(23,24)25/h10-12,15,26H,2-9,13-14H2,1H3,(H,27,29)/b19-18-. The summed E-state index contributed by atoms with van der Waals surface area (Å²) < 4.78 is 44.7. The van der Waals surface area contributed by atoms with Crippen molar-refractivity contribution >= 4 is 11.7 Å². The molecular weight excluding hydrogens is 397 g/mol. The molecule has 0 saturated heterocycles. The fourth-order valence-corrected chi connectivity index (χ4v) is 3.49. The van der Waals surface area contributed by atoms with Gasteiger partial charge < -0.3 is 10.2 Å². The molecule has 0 aliphatic heterocycles. The highest BCUT2D eigenvalue weighted by molar-refractivity contribution is 6.00. The Morgan fingerprint density at radius 3 is 2.13 bits per heavy atom. The zero-order chi connectivity index (χ0) is 22.0. The molecule has 166 valence electrons. The number of rotatable bonds is 5. The summed E-state index contributed by atoms with van der Waals surface area (Å²) in [6.45, 7) is 0. The van der Waals surface area contributed by atoms with Crippen molar-refractivity contribution in [3.63, 3.8) is 0 Å². The molecule has 0 radical (unpaired) electrons. The van der Waals surface area contributed by atoms with Crippen LogP contribution < -0.4 is 15.6 Å². The number of amides is 1. The van der Waals surface area contributed by atoms with Crippen molar-refractivity contribution in [1.82, 2.24) is 10.9 Å². The minimum absolute atomic E-state index is 0.0374. The van der Waals surface area contributed by atoms with E-state index in [1.54, 1.807) is 18.2 Å². The van der Waals surface area contributed by atoms with E-state index in [1.165, 1.54) is 13.2 Å². The number of allylic oxidation sites excluding steroid dienone is 2. The molecule has 0 aromatic heterocycles. The Balaban J connectivity index is 2.23. The van der Waals surface area contributed by atoms with Crippen LogP contribution in [0.1, 0.15) is 74.6 Å². The molecule has 30 heavy (non-hydrogen) atoms. The van der Waals surface area contributed by atoms with E-state index < -0.39 is 17.9 Å². The molecule has 2 rings (SSSR count). The van der Waals surface area contributed by atoms with Crippen molar-refractivity contribution in [2.45, 2.75) is 70.4 Å². The minimum atomic E-state index is -4.95. The predicted octanol–water partition coefficient (Wildman–Crippen LogP) is 5.23. The SMILES string of the molecule is COc1cccc(C(=O)NN/C2=C(\C(=O)C(F)(F)F)CCCCCCCCCC2)c1. The van der Waals surface area contributed by atoms with Gasteiger partial charge in [-0.25, -0.2) is 0 Å². The zero-order valence-corrected chi connectivity index (χ0v) is 17.2. The van der Waals surface area contributed by atoms with Crippen LogP contribution in [-0.4, -0.2) is 25.0 Å². The number of ketones is 1. The second kappa shape index (κ2) is 11.6. The van der Waals surface area contributed by atoms with Gasteiger partial charge in [0.1, 0.15) is 5.75 Å². The van der Waals surface area contributed by atoms with Crippen molar-refractivity contribution in [2.75, 3.05) is 7.11 Å². The van der Waals surface area contributed by atoms with Crippen molar-refractivity contribution in [2.24, 2.45) is 0 Å². The first kappa shape index (κ1) is 23.8. The van der Waals surface area contributed by atoms with E-state index in [2.05, 4.69) is 10.9 Å². The lowest BCUT2D eigenvalue weighted by molar-refractivity contribution is -0.166. The van der Waals surface area contributed by atoms with Gasteiger partial charge in [-0.15, -0.1) is 0 Å². The second-order valence-corrected chi connectivity index (χ2v) is 7.42. The van der Waals surface area contributed by atoms with E-state index in [0.29, 0.717) is 24.2 Å². The summed E-state index contributed by atoms with van der Waals surface area (Å²) in [4.78, 5) is 24.5. The molecule has 1 aromatic carbocycles. The maximum absolute atomic E-state index is 13.2. The number of benzene rings is 1. The van der Waals surface area contributed by atoms with Crippen molar-refractivity contribution in [3.8, 4) is 5.75 Å². The van der Waals surface area contributed by atoms with Crippen molar-refractivity contribution in [1.29, 1.82) is 0 Å². The number of methoxy groups -OCH3 is 1. The average Bonchev–Trinajstić information content (AvgIpc) is 2.72. The van der Waals surface area contributed by atoms with E-state index in [4.69, 9.17) is 4.74 Å². The molecule has 0 heterocycles. The summed E-state index contributed by atoms with van der Waals surface area (Å²) in [6, 6.07) is 6.41. The van der Waals surface area contributed by atoms with E-state index in [-0.39, 0.29) is 24.1 Å². The maximum atomic E-state index is 13.2. The molecule has 1 amide bonds. The number of halogens is 3. The number of hydrogen-bond acceptors (Lipinski definition) is 4. The summed E-state index contributed by atoms with van der Waals surface area (Å²) >= 11 is 0. The van der Waals surface area contributed by atoms with Gasteiger partial charge >= 0.3 is 6.18 Å². The fourth-order valence-electron chi connectivity index (χ4n) is 3.49. The first-order chi connectivity index (χ1) is 14.3. The largest absolute Gasteiger partial charge is 0.497 e. The molecule has 0 fully saturated rings. The summed E-state index contributed by atoms with van der Waals surface area (Å²) in [5.74, 6) is -1.87. The third-order valence-corrected chi connectivity index (χ3v) is 5.16. The number of hydrazine groups is 1. The first-order valence-corrected chi connectivity index (χ1v) is 10.4. The lowest BCUT2D eigenvalue weighted by atomic mass is 9.96. The van der Waals surface area contributed by atoms with Gasteiger partial charge in [-0.3, -0.25) is 15.0 Å². The molecule has 1 aromatic rings. The fraction of sp³-hybridized carbons (Fsp3) is 0.545. The summed E-state index contributed by atoms with van der Waals surface area (Å²) in [7, 11) is 1.47. The average molecular weight is 426 g/mol. The Bertz CT molecular complexity index is 760. The number of hydrogen-bond donors (Lipinski definition) is 2. The Kier molecular flexibility index (Phi) is 9.20. The van der Waals surface area contributed by atoms with Crippen LogP contribution in [0.4, 0.5) is 13.2 Å². The number of Topliss-reactive ketones (excluding diaryl/α,β-unsaturated/α-hetero) is 1. The molecule has 0 saturated carbocycles. The summed E-state index contributed by atoms with van der Waals surface area (Å²) in [5.41, 5.74) is 5.23. The highest BCUT2D eigenvalue weighted by Crippen LogP contribution is 2.28. The number of alkyl halides is 3. The Morgan fingerprint density at radius 2 is 1.53 bits per heavy atom. The van der Waals surface area contributed by atoms with Crippen LogP contribution in [-0.2, 0) is 4.79 Å². The molecule has 0 atom stereocenters. The molecule has 0 bridgehead atoms. The van der Waals surface area contributed by atoms with E-state index in [1.807, 2.05) is 0 Å². The van der Waals surface area contributed by atoms with Gasteiger partial charge in [0.05, 0.1) is 7.11 Å². The first-order valence-electron chi connectivity index (χ1n) is 10.4. The van der Waals surface area contributed by atoms with Crippen LogP contribution in [0.2, 0.25) is 0 Å². The molecule has 2 N–H and O–H groups in total. The molecule has 1 aliphatic rings. The lowest BCUT2D eigenvalue weighted by Gasteiger charge is -2.19. The van der Waals surface area contributed by atoms with Gasteiger partial charge in [-0.05, 0) is 43.9 Å². The number of carbonyl (C=O) groups excluding carboxylic acids is 2. The highest BCUT2D eigenvalue weighted by atomic mass is 19.4. The predicted molar refractivity (Wildman–Crippen MR) is 108 cm³/mol. The third kappa shape index (κ3) is 7.39. The van der Waals surface area contributed by atoms with Crippen LogP contribution in [0, 0.1) is 0 Å². The normalized spacial score (nSPS) is 19.2. The van der Waals surface area contributed by atoms with Crippen LogP contribution in [0.3, 0.4) is 0 Å². The number of nitrogens with one attached hydrogen (secondary N) is 2. The minimum Gasteiger partial charge on any atom is -0.497 e. The van der Waals surface area contributed by atoms with Gasteiger partial charge in [0.25, 0.3) is 11.7 Å². The zero-order valence-electron chi connectivity index (χ0n) is 17.2. The number of carbonyl (C=O) groups is 2. The van der Waals surface area contributed by atoms with Gasteiger partial charge in [0.2, 0.25) is 0 Å². The number of ether oxygens (including phenoxy) is 1. The maximum Gasteiger partial charge on any atom is 0.454 e. The van der Waals surface area contributed by atoms with E-state index >= 15 is 0 Å². The topological polar surface area (TPSA) is 67.4 Å². The molecule has 5 nitrogen and oxygen atoms in total. The van der Waals surface area contributed by atoms with E-state index in [9.17, 15) is 22.8 Å². The quantitative estimate of drug-likeness (QED) is 0.633. The highest BCUT2D eigenvalue weighted by Gasteiger charge is 2.41. The van der Waals surface area contributed by atoms with Crippen LogP contribution in [0.5, 0.6) is 5.75 Å². The molecule has 0 spiro atoms. The lowest BCUT2D eigenvalue weighted by Crippen LogP contribution is -2.39. The molecule has 0 unspecified atom stereocenters. The Morgan fingerprint density at radius 1 is 0.933 bits per heavy atom. The third-order valence-electron chi connectivity index (χ3n) is 5.16. The molecule has 1 aliphatic carbocycles. The van der Waals surface area contributed by atoms with Crippen LogP contribution >= 0.6 is 0 Å². The second-order valence-electron chi connectivity index (χ2n) is 7.42. The van der Waals surface area contributed by atoms with Crippen LogP contribution in [0.15, 0.2) is 35.5 Å². The van der Waals surface area contributed by atoms with Gasteiger partial charge in [0.15, 0.2) is 0 Å². The van der Waals surface area contributed by atoms with Crippen LogP contribution in [0.25, 0.3) is 0 Å². The van der Waals surface area contributed by atoms with Crippen molar-refractivity contribution < 1.29 is 27.5 Å². The molecule has 8 heteroatoms. The van der Waals surface area contributed by atoms with Gasteiger partial charge in [-0.1, -0.05) is 44.6 Å². The van der Waals surface area contributed by atoms with Gasteiger partial charge in [-0.2, -0.15) is 13.2 Å². The monoisotopic (exact) mass is 426 g/mol. The van der Waals surface area contributed by atoms with Gasteiger partial charge in [0, 0.05) is 16.8 Å². The summed E-state index contributed by atoms with van der Waals surface area (Å²) in [6.07, 6.45) is 2.27. The Hall–Kier alpha value is -2.51. The van der Waals surface area contributed by atoms with Crippen molar-refractivity contribution in [3.05, 3.63) is 41.1 Å². The summed E-state index contributed by atoms with van der Waals surface area (Å²) in [5, 5.41) is 0. The van der Waals surface area contributed by atoms with E-state index in [0.717, 1.165) is 38.5 Å².